The van der Waals surface area contributed by atoms with Crippen LogP contribution in [0.4, 0.5) is 0 Å². The monoisotopic (exact) mass is 350 g/mol. The molecular formula is C18H23ClN2OS. The lowest BCUT2D eigenvalue weighted by atomic mass is 9.95. The first kappa shape index (κ1) is 18.0. The zero-order valence-electron chi connectivity index (χ0n) is 13.7. The Morgan fingerprint density at radius 2 is 1.87 bits per heavy atom. The molecule has 23 heavy (non-hydrogen) atoms. The molecule has 2 N–H and O–H groups in total. The lowest BCUT2D eigenvalue weighted by Gasteiger charge is -2.26. The highest BCUT2D eigenvalue weighted by molar-refractivity contribution is 7.09. The average Bonchev–Trinajstić information content (AvgIpc) is 3.04. The van der Waals surface area contributed by atoms with E-state index in [4.69, 9.17) is 11.6 Å². The van der Waals surface area contributed by atoms with E-state index in [9.17, 15) is 4.79 Å². The van der Waals surface area contributed by atoms with Crippen molar-refractivity contribution in [2.75, 3.05) is 0 Å². The van der Waals surface area contributed by atoms with E-state index >= 15 is 0 Å². The number of carbonyl (C=O) groups excluding carboxylic acids is 1. The molecule has 5 heteroatoms. The van der Waals surface area contributed by atoms with Crippen LogP contribution in [0.3, 0.4) is 0 Å². The van der Waals surface area contributed by atoms with Crippen LogP contribution in [-0.2, 0) is 11.3 Å². The highest BCUT2D eigenvalue weighted by atomic mass is 35.5. The maximum atomic E-state index is 12.3. The number of thiophene rings is 1. The molecule has 0 aliphatic rings. The van der Waals surface area contributed by atoms with Gasteiger partial charge in [0, 0.05) is 15.9 Å². The predicted molar refractivity (Wildman–Crippen MR) is 97.8 cm³/mol. The largest absolute Gasteiger partial charge is 0.350 e. The SMILES string of the molecule is CC(NC(c1ccc(Cl)cc1)C(C)C)C(=O)NCc1cccs1. The van der Waals surface area contributed by atoms with Gasteiger partial charge in [0.1, 0.15) is 0 Å². The van der Waals surface area contributed by atoms with Gasteiger partial charge in [-0.25, -0.2) is 0 Å². The van der Waals surface area contributed by atoms with Crippen LogP contribution in [0.25, 0.3) is 0 Å². The van der Waals surface area contributed by atoms with Crippen molar-refractivity contribution < 1.29 is 4.79 Å². The topological polar surface area (TPSA) is 41.1 Å². The molecule has 1 aromatic carbocycles. The summed E-state index contributed by atoms with van der Waals surface area (Å²) < 4.78 is 0. The molecule has 3 nitrogen and oxygen atoms in total. The molecule has 0 aliphatic carbocycles. The van der Waals surface area contributed by atoms with Gasteiger partial charge in [-0.15, -0.1) is 11.3 Å². The van der Waals surface area contributed by atoms with Crippen molar-refractivity contribution >= 4 is 28.8 Å². The summed E-state index contributed by atoms with van der Waals surface area (Å²) in [5.74, 6) is 0.377. The highest BCUT2D eigenvalue weighted by Gasteiger charge is 2.21. The van der Waals surface area contributed by atoms with Gasteiger partial charge in [-0.2, -0.15) is 0 Å². The van der Waals surface area contributed by atoms with Crippen molar-refractivity contribution in [2.45, 2.75) is 39.4 Å². The first-order valence-electron chi connectivity index (χ1n) is 7.79. The summed E-state index contributed by atoms with van der Waals surface area (Å²) in [4.78, 5) is 13.4. The highest BCUT2D eigenvalue weighted by Crippen LogP contribution is 2.23. The van der Waals surface area contributed by atoms with Crippen LogP contribution in [0.5, 0.6) is 0 Å². The summed E-state index contributed by atoms with van der Waals surface area (Å²) in [5, 5.41) is 9.14. The van der Waals surface area contributed by atoms with Crippen LogP contribution in [0, 0.1) is 5.92 Å². The van der Waals surface area contributed by atoms with Crippen LogP contribution in [0.2, 0.25) is 5.02 Å². The second-order valence-corrected chi connectivity index (χ2v) is 7.43. The normalized spacial score (nSPS) is 13.8. The number of nitrogens with one attached hydrogen (secondary N) is 2. The summed E-state index contributed by atoms with van der Waals surface area (Å²) in [6.45, 7) is 6.76. The Hall–Kier alpha value is -1.36. The first-order valence-corrected chi connectivity index (χ1v) is 9.04. The molecule has 2 unspecified atom stereocenters. The Balaban J connectivity index is 1.95. The number of rotatable bonds is 7. The van der Waals surface area contributed by atoms with Crippen molar-refractivity contribution in [3.8, 4) is 0 Å². The first-order chi connectivity index (χ1) is 11.0. The third-order valence-corrected chi connectivity index (χ3v) is 4.86. The van der Waals surface area contributed by atoms with Crippen molar-refractivity contribution in [2.24, 2.45) is 5.92 Å². The Labute approximate surface area is 147 Å². The maximum absolute atomic E-state index is 12.3. The standard InChI is InChI=1S/C18H23ClN2OS/c1-12(2)17(14-6-8-15(19)9-7-14)21-13(3)18(22)20-11-16-5-4-10-23-16/h4-10,12-13,17,21H,11H2,1-3H3,(H,20,22). The molecule has 0 aliphatic heterocycles. The smallest absolute Gasteiger partial charge is 0.237 e. The summed E-state index contributed by atoms with van der Waals surface area (Å²) in [6.07, 6.45) is 0. The number of hydrogen-bond donors (Lipinski definition) is 2. The second-order valence-electron chi connectivity index (χ2n) is 5.96. The number of hydrogen-bond acceptors (Lipinski definition) is 3. The van der Waals surface area contributed by atoms with Gasteiger partial charge in [-0.3, -0.25) is 10.1 Å². The van der Waals surface area contributed by atoms with Crippen molar-refractivity contribution in [1.82, 2.24) is 10.6 Å². The molecule has 1 aromatic heterocycles. The van der Waals surface area contributed by atoms with Crippen LogP contribution in [0.1, 0.15) is 37.3 Å². The molecule has 2 aromatic rings. The molecule has 0 bridgehead atoms. The van der Waals surface area contributed by atoms with Gasteiger partial charge in [-0.1, -0.05) is 43.6 Å². The van der Waals surface area contributed by atoms with Gasteiger partial charge in [0.2, 0.25) is 5.91 Å². The molecular weight excluding hydrogens is 328 g/mol. The van der Waals surface area contributed by atoms with Crippen molar-refractivity contribution in [1.29, 1.82) is 0 Å². The molecule has 0 spiro atoms. The van der Waals surface area contributed by atoms with Crippen LogP contribution >= 0.6 is 22.9 Å². The second kappa shape index (κ2) is 8.48. The van der Waals surface area contributed by atoms with E-state index in [-0.39, 0.29) is 18.0 Å². The molecule has 0 saturated heterocycles. The molecule has 0 saturated carbocycles. The maximum Gasteiger partial charge on any atom is 0.237 e. The zero-order chi connectivity index (χ0) is 16.8. The van der Waals surface area contributed by atoms with E-state index < -0.39 is 0 Å². The molecule has 1 heterocycles. The van der Waals surface area contributed by atoms with E-state index in [1.54, 1.807) is 11.3 Å². The summed E-state index contributed by atoms with van der Waals surface area (Å²) in [6, 6.07) is 11.6. The van der Waals surface area contributed by atoms with E-state index in [1.165, 1.54) is 0 Å². The van der Waals surface area contributed by atoms with Gasteiger partial charge >= 0.3 is 0 Å². The molecule has 0 fully saturated rings. The third-order valence-electron chi connectivity index (χ3n) is 3.74. The van der Waals surface area contributed by atoms with Gasteiger partial charge in [0.25, 0.3) is 0 Å². The minimum absolute atomic E-state index is 0.0120. The number of carbonyl (C=O) groups is 1. The lowest BCUT2D eigenvalue weighted by Crippen LogP contribution is -2.44. The minimum atomic E-state index is -0.266. The van der Waals surface area contributed by atoms with Crippen LogP contribution < -0.4 is 10.6 Å². The van der Waals surface area contributed by atoms with E-state index in [0.717, 1.165) is 15.5 Å². The number of benzene rings is 1. The fourth-order valence-electron chi connectivity index (χ4n) is 2.43. The average molecular weight is 351 g/mol. The van der Waals surface area contributed by atoms with Gasteiger partial charge < -0.3 is 5.32 Å². The van der Waals surface area contributed by atoms with E-state index in [0.29, 0.717) is 12.5 Å². The fraction of sp³-hybridized carbons (Fsp3) is 0.389. The minimum Gasteiger partial charge on any atom is -0.350 e. The summed E-state index contributed by atoms with van der Waals surface area (Å²) in [5.41, 5.74) is 1.14. The Morgan fingerprint density at radius 3 is 2.43 bits per heavy atom. The Bertz CT molecular complexity index is 610. The zero-order valence-corrected chi connectivity index (χ0v) is 15.2. The van der Waals surface area contributed by atoms with E-state index in [2.05, 4.69) is 24.5 Å². The predicted octanol–water partition coefficient (Wildman–Crippen LogP) is 4.39. The number of amides is 1. The lowest BCUT2D eigenvalue weighted by molar-refractivity contribution is -0.123. The van der Waals surface area contributed by atoms with Crippen LogP contribution in [0.15, 0.2) is 41.8 Å². The molecule has 1 amide bonds. The van der Waals surface area contributed by atoms with Crippen LogP contribution in [-0.4, -0.2) is 11.9 Å². The van der Waals surface area contributed by atoms with Crippen molar-refractivity contribution in [3.63, 3.8) is 0 Å². The van der Waals surface area contributed by atoms with E-state index in [1.807, 2.05) is 48.7 Å². The van der Waals surface area contributed by atoms with Gasteiger partial charge in [0.05, 0.1) is 12.6 Å². The fourth-order valence-corrected chi connectivity index (χ4v) is 3.20. The molecule has 124 valence electrons. The van der Waals surface area contributed by atoms with Gasteiger partial charge in [0.15, 0.2) is 0 Å². The quantitative estimate of drug-likeness (QED) is 0.777. The van der Waals surface area contributed by atoms with Crippen molar-refractivity contribution in [3.05, 3.63) is 57.2 Å². The summed E-state index contributed by atoms with van der Waals surface area (Å²) in [7, 11) is 0. The number of halogens is 1. The Morgan fingerprint density at radius 1 is 1.17 bits per heavy atom. The molecule has 2 atom stereocenters. The third kappa shape index (κ3) is 5.34. The Kier molecular flexibility index (Phi) is 6.63. The van der Waals surface area contributed by atoms with Gasteiger partial charge in [-0.05, 0) is 42.0 Å². The molecule has 0 radical (unpaired) electrons. The molecule has 2 rings (SSSR count). The summed E-state index contributed by atoms with van der Waals surface area (Å²) >= 11 is 7.60.